The van der Waals surface area contributed by atoms with Gasteiger partial charge >= 0.3 is 0 Å². The van der Waals surface area contributed by atoms with Crippen LogP contribution in [0, 0.1) is 12.8 Å². The predicted octanol–water partition coefficient (Wildman–Crippen LogP) is 2.29. The molecule has 0 aliphatic heterocycles. The molecule has 2 nitrogen and oxygen atoms in total. The smallest absolute Gasteiger partial charge is 0.122 e. The van der Waals surface area contributed by atoms with Crippen LogP contribution in [0.3, 0.4) is 0 Å². The molecule has 1 aromatic carbocycles. The van der Waals surface area contributed by atoms with E-state index < -0.39 is 0 Å². The van der Waals surface area contributed by atoms with Crippen LogP contribution in [0.2, 0.25) is 0 Å². The maximum absolute atomic E-state index is 5.76. The van der Waals surface area contributed by atoms with Crippen LogP contribution in [-0.2, 0) is 6.42 Å². The molecular formula is C13H19NO. The third-order valence-electron chi connectivity index (χ3n) is 2.84. The Hall–Kier alpha value is -1.02. The molecule has 0 bridgehead atoms. The molecule has 1 fully saturated rings. The van der Waals surface area contributed by atoms with Crippen molar-refractivity contribution < 1.29 is 4.74 Å². The van der Waals surface area contributed by atoms with E-state index in [1.807, 2.05) is 0 Å². The molecule has 1 saturated carbocycles. The predicted molar refractivity (Wildman–Crippen MR) is 62.2 cm³/mol. The summed E-state index contributed by atoms with van der Waals surface area (Å²) in [7, 11) is 0. The highest BCUT2D eigenvalue weighted by Crippen LogP contribution is 2.30. The van der Waals surface area contributed by atoms with Gasteiger partial charge in [0.1, 0.15) is 5.75 Å². The van der Waals surface area contributed by atoms with Crippen molar-refractivity contribution in [1.29, 1.82) is 0 Å². The van der Waals surface area contributed by atoms with Gasteiger partial charge in [-0.2, -0.15) is 0 Å². The second-order valence-electron chi connectivity index (χ2n) is 4.39. The summed E-state index contributed by atoms with van der Waals surface area (Å²) in [4.78, 5) is 0. The quantitative estimate of drug-likeness (QED) is 0.800. The van der Waals surface area contributed by atoms with Crippen molar-refractivity contribution in [2.24, 2.45) is 11.7 Å². The fourth-order valence-electron chi connectivity index (χ4n) is 1.69. The Morgan fingerprint density at radius 2 is 2.20 bits per heavy atom. The summed E-state index contributed by atoms with van der Waals surface area (Å²) in [6.07, 6.45) is 3.62. The first kappa shape index (κ1) is 10.5. The minimum atomic E-state index is 0.710. The summed E-state index contributed by atoms with van der Waals surface area (Å²) >= 11 is 0. The zero-order chi connectivity index (χ0) is 10.7. The molecule has 1 aromatic rings. The van der Waals surface area contributed by atoms with Crippen molar-refractivity contribution in [3.63, 3.8) is 0 Å². The van der Waals surface area contributed by atoms with Crippen LogP contribution in [0.5, 0.6) is 5.75 Å². The van der Waals surface area contributed by atoms with Crippen LogP contribution >= 0.6 is 0 Å². The van der Waals surface area contributed by atoms with E-state index in [9.17, 15) is 0 Å². The lowest BCUT2D eigenvalue weighted by atomic mass is 10.1. The van der Waals surface area contributed by atoms with E-state index in [1.54, 1.807) is 0 Å². The first-order valence-corrected chi connectivity index (χ1v) is 5.72. The summed E-state index contributed by atoms with van der Waals surface area (Å²) in [5.41, 5.74) is 8.05. The first-order chi connectivity index (χ1) is 7.29. The monoisotopic (exact) mass is 205 g/mol. The van der Waals surface area contributed by atoms with Crippen LogP contribution < -0.4 is 10.5 Å². The summed E-state index contributed by atoms with van der Waals surface area (Å²) < 4.78 is 5.76. The highest BCUT2D eigenvalue weighted by atomic mass is 16.5. The molecule has 1 aliphatic rings. The van der Waals surface area contributed by atoms with Crippen LogP contribution in [0.25, 0.3) is 0 Å². The van der Waals surface area contributed by atoms with E-state index in [2.05, 4.69) is 25.1 Å². The van der Waals surface area contributed by atoms with Crippen molar-refractivity contribution in [3.05, 3.63) is 29.3 Å². The van der Waals surface area contributed by atoms with Crippen LogP contribution in [-0.4, -0.2) is 13.2 Å². The lowest BCUT2D eigenvalue weighted by Gasteiger charge is -2.09. The Bertz CT molecular complexity index is 331. The van der Waals surface area contributed by atoms with Gasteiger partial charge in [0.15, 0.2) is 0 Å². The SMILES string of the molecule is Cc1cc(CCN)ccc1OCC1CC1. The standard InChI is InChI=1S/C13H19NO/c1-10-8-11(6-7-14)4-5-13(10)15-9-12-2-3-12/h4-5,8,12H,2-3,6-7,9,14H2,1H3. The number of hydrogen-bond donors (Lipinski definition) is 1. The molecule has 0 aromatic heterocycles. The molecule has 0 saturated heterocycles. The molecule has 2 heteroatoms. The third-order valence-corrected chi connectivity index (χ3v) is 2.84. The summed E-state index contributed by atoms with van der Waals surface area (Å²) in [5, 5.41) is 0. The van der Waals surface area contributed by atoms with Crippen molar-refractivity contribution in [2.75, 3.05) is 13.2 Å². The minimum Gasteiger partial charge on any atom is -0.493 e. The van der Waals surface area contributed by atoms with E-state index in [1.165, 1.54) is 24.0 Å². The van der Waals surface area contributed by atoms with Gasteiger partial charge in [-0.15, -0.1) is 0 Å². The number of nitrogens with two attached hydrogens (primary N) is 1. The van der Waals surface area contributed by atoms with Gasteiger partial charge in [0.25, 0.3) is 0 Å². The van der Waals surface area contributed by atoms with Gasteiger partial charge in [0, 0.05) is 0 Å². The van der Waals surface area contributed by atoms with Gasteiger partial charge < -0.3 is 10.5 Å². The molecule has 2 N–H and O–H groups in total. The first-order valence-electron chi connectivity index (χ1n) is 5.72. The maximum atomic E-state index is 5.76. The molecule has 82 valence electrons. The van der Waals surface area contributed by atoms with Crippen LogP contribution in [0.1, 0.15) is 24.0 Å². The maximum Gasteiger partial charge on any atom is 0.122 e. The van der Waals surface area contributed by atoms with Crippen molar-refractivity contribution in [1.82, 2.24) is 0 Å². The molecule has 0 atom stereocenters. The second kappa shape index (κ2) is 4.67. The third kappa shape index (κ3) is 2.96. The van der Waals surface area contributed by atoms with Gasteiger partial charge in [0.05, 0.1) is 6.61 Å². The number of ether oxygens (including phenoxy) is 1. The average Bonchev–Trinajstić information content (AvgIpc) is 3.01. The zero-order valence-corrected chi connectivity index (χ0v) is 9.33. The van der Waals surface area contributed by atoms with E-state index in [0.717, 1.165) is 24.7 Å². The van der Waals surface area contributed by atoms with Gasteiger partial charge in [0.2, 0.25) is 0 Å². The van der Waals surface area contributed by atoms with Crippen molar-refractivity contribution >= 4 is 0 Å². The Kier molecular flexibility index (Phi) is 3.27. The van der Waals surface area contributed by atoms with Gasteiger partial charge in [-0.1, -0.05) is 12.1 Å². The largest absolute Gasteiger partial charge is 0.493 e. The Morgan fingerprint density at radius 1 is 1.40 bits per heavy atom. The van der Waals surface area contributed by atoms with E-state index in [4.69, 9.17) is 10.5 Å². The Morgan fingerprint density at radius 3 is 2.80 bits per heavy atom. The summed E-state index contributed by atoms with van der Waals surface area (Å²) in [5.74, 6) is 1.84. The van der Waals surface area contributed by atoms with E-state index in [0.29, 0.717) is 6.54 Å². The Balaban J connectivity index is 1.97. The zero-order valence-electron chi connectivity index (χ0n) is 9.33. The molecule has 15 heavy (non-hydrogen) atoms. The summed E-state index contributed by atoms with van der Waals surface area (Å²) in [6.45, 7) is 3.70. The van der Waals surface area contributed by atoms with E-state index in [-0.39, 0.29) is 0 Å². The molecule has 0 spiro atoms. The second-order valence-corrected chi connectivity index (χ2v) is 4.39. The van der Waals surface area contributed by atoms with Gasteiger partial charge in [-0.3, -0.25) is 0 Å². The Labute approximate surface area is 91.4 Å². The number of rotatable bonds is 5. The molecule has 1 aliphatic carbocycles. The number of aryl methyl sites for hydroxylation is 1. The normalized spacial score (nSPS) is 15.3. The van der Waals surface area contributed by atoms with Crippen molar-refractivity contribution in [2.45, 2.75) is 26.2 Å². The fourth-order valence-corrected chi connectivity index (χ4v) is 1.69. The fraction of sp³-hybridized carbons (Fsp3) is 0.538. The van der Waals surface area contributed by atoms with Crippen molar-refractivity contribution in [3.8, 4) is 5.75 Å². The average molecular weight is 205 g/mol. The molecule has 0 unspecified atom stereocenters. The molecule has 0 heterocycles. The number of benzene rings is 1. The van der Waals surface area contributed by atoms with Gasteiger partial charge in [-0.05, 0) is 55.8 Å². The molecular weight excluding hydrogens is 186 g/mol. The van der Waals surface area contributed by atoms with Gasteiger partial charge in [-0.25, -0.2) is 0 Å². The number of hydrogen-bond acceptors (Lipinski definition) is 2. The van der Waals surface area contributed by atoms with Crippen LogP contribution in [0.15, 0.2) is 18.2 Å². The lowest BCUT2D eigenvalue weighted by Crippen LogP contribution is -2.04. The minimum absolute atomic E-state index is 0.710. The topological polar surface area (TPSA) is 35.2 Å². The molecule has 0 amide bonds. The van der Waals surface area contributed by atoms with Crippen LogP contribution in [0.4, 0.5) is 0 Å². The summed E-state index contributed by atoms with van der Waals surface area (Å²) in [6, 6.07) is 6.36. The molecule has 2 rings (SSSR count). The lowest BCUT2D eigenvalue weighted by molar-refractivity contribution is 0.298. The highest BCUT2D eigenvalue weighted by Gasteiger charge is 2.22. The molecule has 0 radical (unpaired) electrons. The highest BCUT2D eigenvalue weighted by molar-refractivity contribution is 5.36. The van der Waals surface area contributed by atoms with E-state index >= 15 is 0 Å².